The Morgan fingerprint density at radius 2 is 1.41 bits per heavy atom. The molecule has 230 valence electrons. The minimum absolute atomic E-state index is 0.0609. The molecule has 2 aromatic heterocycles. The first-order valence-corrected chi connectivity index (χ1v) is 15.5. The van der Waals surface area contributed by atoms with E-state index in [2.05, 4.69) is 33.8 Å². The number of imidazole rings is 1. The first kappa shape index (κ1) is 30.4. The fraction of sp³-hybridized carbons (Fsp3) is 0.158. The number of fused-ring (bicyclic) bond motifs is 1. The molecule has 0 spiro atoms. The van der Waals surface area contributed by atoms with E-state index in [4.69, 9.17) is 21.9 Å². The van der Waals surface area contributed by atoms with E-state index in [0.717, 1.165) is 59.4 Å². The zero-order chi connectivity index (χ0) is 31.9. The van der Waals surface area contributed by atoms with E-state index in [1.54, 1.807) is 11.1 Å². The molecule has 46 heavy (non-hydrogen) atoms. The van der Waals surface area contributed by atoms with Gasteiger partial charge in [-0.25, -0.2) is 9.97 Å². The maximum Gasteiger partial charge on any atom is 0.259 e. The van der Waals surface area contributed by atoms with Crippen molar-refractivity contribution >= 4 is 28.6 Å². The summed E-state index contributed by atoms with van der Waals surface area (Å²) in [7, 11) is 0. The summed E-state index contributed by atoms with van der Waals surface area (Å²) in [4.78, 5) is 25.4. The van der Waals surface area contributed by atoms with Crippen molar-refractivity contribution in [2.24, 2.45) is 11.5 Å². The molecule has 0 saturated carbocycles. The number of nitrogens with zero attached hydrogens (tertiary/aromatic N) is 4. The van der Waals surface area contributed by atoms with Gasteiger partial charge in [0, 0.05) is 36.8 Å². The quantitative estimate of drug-likeness (QED) is 0.115. The zero-order valence-electron chi connectivity index (χ0n) is 25.6. The van der Waals surface area contributed by atoms with Crippen molar-refractivity contribution in [3.05, 3.63) is 161 Å². The Labute approximate surface area is 268 Å². The van der Waals surface area contributed by atoms with Crippen molar-refractivity contribution in [1.29, 1.82) is 5.41 Å². The van der Waals surface area contributed by atoms with Crippen LogP contribution in [0.25, 0.3) is 11.0 Å². The van der Waals surface area contributed by atoms with Crippen LogP contribution in [0.4, 0.5) is 5.82 Å². The minimum Gasteiger partial charge on any atom is -0.384 e. The lowest BCUT2D eigenvalue weighted by atomic mass is 10.1. The summed E-state index contributed by atoms with van der Waals surface area (Å²) in [5, 5.41) is 7.67. The number of aryl methyl sites for hydroxylation is 4. The number of amidine groups is 1. The monoisotopic (exact) mass is 607 g/mol. The number of benzene rings is 4. The van der Waals surface area contributed by atoms with Crippen molar-refractivity contribution in [3.63, 3.8) is 0 Å². The predicted octanol–water partition coefficient (Wildman–Crippen LogP) is 6.05. The molecule has 2 heterocycles. The summed E-state index contributed by atoms with van der Waals surface area (Å²) in [6.45, 7) is 1.61. The van der Waals surface area contributed by atoms with Crippen LogP contribution >= 0.6 is 0 Å². The first-order valence-electron chi connectivity index (χ1n) is 15.5. The average molecular weight is 608 g/mol. The van der Waals surface area contributed by atoms with Gasteiger partial charge in [0.1, 0.15) is 17.5 Å². The van der Waals surface area contributed by atoms with E-state index in [1.807, 2.05) is 91.0 Å². The van der Waals surface area contributed by atoms with E-state index in [9.17, 15) is 4.79 Å². The summed E-state index contributed by atoms with van der Waals surface area (Å²) in [5.41, 5.74) is 18.9. The smallest absolute Gasteiger partial charge is 0.259 e. The molecule has 1 amide bonds. The van der Waals surface area contributed by atoms with Crippen molar-refractivity contribution in [3.8, 4) is 0 Å². The SMILES string of the molecule is N=C(N)c1ccc(CCc2nc3cc(C(=O)N(Cc4ccc(CN)cc4)c4ccccn4)ccc3n2CCc2ccccc2)cc1. The van der Waals surface area contributed by atoms with Crippen LogP contribution in [0.3, 0.4) is 0 Å². The Hall–Kier alpha value is -5.60. The molecule has 0 bridgehead atoms. The number of carbonyl (C=O) groups excluding carboxylic acids is 1. The highest BCUT2D eigenvalue weighted by Crippen LogP contribution is 2.24. The van der Waals surface area contributed by atoms with Gasteiger partial charge in [-0.15, -0.1) is 0 Å². The molecule has 8 heteroatoms. The van der Waals surface area contributed by atoms with Crippen LogP contribution in [-0.2, 0) is 38.9 Å². The van der Waals surface area contributed by atoms with Gasteiger partial charge in [-0.05, 0) is 65.4 Å². The van der Waals surface area contributed by atoms with E-state index >= 15 is 0 Å². The van der Waals surface area contributed by atoms with Gasteiger partial charge >= 0.3 is 0 Å². The van der Waals surface area contributed by atoms with Gasteiger partial charge in [-0.1, -0.05) is 84.9 Å². The Bertz CT molecular complexity index is 1930. The van der Waals surface area contributed by atoms with Gasteiger partial charge in [0.2, 0.25) is 0 Å². The number of aromatic nitrogens is 3. The molecular weight excluding hydrogens is 570 g/mol. The molecular formula is C38H37N7O. The molecule has 0 aliphatic heterocycles. The number of pyridine rings is 1. The first-order chi connectivity index (χ1) is 22.5. The molecule has 6 rings (SSSR count). The normalized spacial score (nSPS) is 11.1. The number of nitrogens with two attached hydrogens (primary N) is 2. The standard InChI is InChI=1S/C38H37N7O/c39-25-29-9-11-30(12-10-29)26-45(35-8-4-5-22-42-35)38(46)32-18-19-34-33(24-32)43-36(44(34)23-21-27-6-2-1-3-7-27)20-15-28-13-16-31(17-14-28)37(40)41/h1-14,16-19,22,24H,15,20-21,23,25-26,39H2,(H3,40,41). The third-order valence-electron chi connectivity index (χ3n) is 8.21. The molecule has 0 atom stereocenters. The molecule has 0 unspecified atom stereocenters. The number of nitrogens with one attached hydrogen (secondary N) is 1. The van der Waals surface area contributed by atoms with Crippen molar-refractivity contribution in [2.45, 2.75) is 38.9 Å². The van der Waals surface area contributed by atoms with E-state index in [0.29, 0.717) is 30.0 Å². The maximum absolute atomic E-state index is 14.1. The van der Waals surface area contributed by atoms with Crippen LogP contribution in [0.1, 0.15) is 44.0 Å². The molecule has 0 aliphatic carbocycles. The summed E-state index contributed by atoms with van der Waals surface area (Å²) in [6, 6.07) is 37.6. The van der Waals surface area contributed by atoms with Gasteiger partial charge in [-0.2, -0.15) is 0 Å². The van der Waals surface area contributed by atoms with Gasteiger partial charge < -0.3 is 16.0 Å². The molecule has 8 nitrogen and oxygen atoms in total. The van der Waals surface area contributed by atoms with Crippen molar-refractivity contribution < 1.29 is 4.79 Å². The molecule has 0 saturated heterocycles. The number of rotatable bonds is 12. The number of carbonyl (C=O) groups is 1. The number of anilines is 1. The topological polar surface area (TPSA) is 127 Å². The number of amides is 1. The summed E-state index contributed by atoms with van der Waals surface area (Å²) in [5.74, 6) is 1.47. The molecule has 5 N–H and O–H groups in total. The van der Waals surface area contributed by atoms with Gasteiger partial charge in [0.05, 0.1) is 17.6 Å². The number of hydrogen-bond donors (Lipinski definition) is 3. The van der Waals surface area contributed by atoms with Crippen LogP contribution in [0, 0.1) is 5.41 Å². The number of nitrogen functional groups attached to an aromatic ring is 1. The molecule has 0 radical (unpaired) electrons. The van der Waals surface area contributed by atoms with E-state index in [1.165, 1.54) is 5.56 Å². The maximum atomic E-state index is 14.1. The van der Waals surface area contributed by atoms with Crippen LogP contribution in [0.5, 0.6) is 0 Å². The zero-order valence-corrected chi connectivity index (χ0v) is 25.6. The Balaban J connectivity index is 1.31. The summed E-state index contributed by atoms with van der Waals surface area (Å²) < 4.78 is 2.27. The highest BCUT2D eigenvalue weighted by atomic mass is 16.2. The number of hydrogen-bond acceptors (Lipinski definition) is 5. The summed E-state index contributed by atoms with van der Waals surface area (Å²) in [6.07, 6.45) is 4.08. The molecule has 4 aromatic carbocycles. The lowest BCUT2D eigenvalue weighted by molar-refractivity contribution is 0.0984. The lowest BCUT2D eigenvalue weighted by Gasteiger charge is -2.22. The Kier molecular flexibility index (Phi) is 9.27. The lowest BCUT2D eigenvalue weighted by Crippen LogP contribution is -2.31. The highest BCUT2D eigenvalue weighted by molar-refractivity contribution is 6.07. The van der Waals surface area contributed by atoms with Crippen molar-refractivity contribution in [1.82, 2.24) is 14.5 Å². The second-order valence-electron chi connectivity index (χ2n) is 11.3. The fourth-order valence-electron chi connectivity index (χ4n) is 5.64. The second-order valence-corrected chi connectivity index (χ2v) is 11.3. The predicted molar refractivity (Wildman–Crippen MR) is 184 cm³/mol. The third kappa shape index (κ3) is 7.03. The van der Waals surface area contributed by atoms with Crippen LogP contribution < -0.4 is 16.4 Å². The Morgan fingerprint density at radius 3 is 2.11 bits per heavy atom. The highest BCUT2D eigenvalue weighted by Gasteiger charge is 2.21. The third-order valence-corrected chi connectivity index (χ3v) is 8.21. The van der Waals surface area contributed by atoms with Gasteiger partial charge in [0.25, 0.3) is 5.91 Å². The van der Waals surface area contributed by atoms with E-state index in [-0.39, 0.29) is 11.7 Å². The van der Waals surface area contributed by atoms with Crippen molar-refractivity contribution in [2.75, 3.05) is 4.90 Å². The Morgan fingerprint density at radius 1 is 0.739 bits per heavy atom. The molecule has 0 fully saturated rings. The average Bonchev–Trinajstić information content (AvgIpc) is 3.46. The molecule has 6 aromatic rings. The largest absolute Gasteiger partial charge is 0.384 e. The van der Waals surface area contributed by atoms with Crippen LogP contribution in [0.2, 0.25) is 0 Å². The van der Waals surface area contributed by atoms with Gasteiger partial charge in [0.15, 0.2) is 0 Å². The molecule has 0 aliphatic rings. The fourth-order valence-corrected chi connectivity index (χ4v) is 5.64. The van der Waals surface area contributed by atoms with Gasteiger partial charge in [-0.3, -0.25) is 15.1 Å². The minimum atomic E-state index is -0.144. The summed E-state index contributed by atoms with van der Waals surface area (Å²) >= 11 is 0. The van der Waals surface area contributed by atoms with Crippen LogP contribution in [-0.4, -0.2) is 26.3 Å². The second kappa shape index (κ2) is 14.0. The van der Waals surface area contributed by atoms with Crippen LogP contribution in [0.15, 0.2) is 121 Å². The van der Waals surface area contributed by atoms with E-state index < -0.39 is 0 Å².